The van der Waals surface area contributed by atoms with Gasteiger partial charge in [0.15, 0.2) is 0 Å². The Morgan fingerprint density at radius 3 is 2.85 bits per heavy atom. The lowest BCUT2D eigenvalue weighted by atomic mass is 10.3. The van der Waals surface area contributed by atoms with Crippen LogP contribution in [-0.4, -0.2) is 57.7 Å². The van der Waals surface area contributed by atoms with Crippen molar-refractivity contribution < 1.29 is 18.0 Å². The number of alkyl halides is 3. The van der Waals surface area contributed by atoms with Crippen LogP contribution in [0.4, 0.5) is 23.7 Å². The zero-order valence-electron chi connectivity index (χ0n) is 14.0. The molecular weight excluding hydrogens is 391 g/mol. The molecule has 2 N–H and O–H groups in total. The summed E-state index contributed by atoms with van der Waals surface area (Å²) < 4.78 is 36.2. The van der Waals surface area contributed by atoms with Crippen LogP contribution in [0.1, 0.15) is 13.3 Å². The van der Waals surface area contributed by atoms with Gasteiger partial charge in [-0.05, 0) is 19.1 Å². The zero-order chi connectivity index (χ0) is 19.6. The molecule has 0 spiro atoms. The van der Waals surface area contributed by atoms with Crippen molar-refractivity contribution in [3.8, 4) is 0 Å². The second-order valence-corrected chi connectivity index (χ2v) is 6.48. The molecule has 26 heavy (non-hydrogen) atoms. The summed E-state index contributed by atoms with van der Waals surface area (Å²) in [7, 11) is 0. The smallest absolute Gasteiger partial charge is 0.329 e. The van der Waals surface area contributed by atoms with Crippen LogP contribution in [0, 0.1) is 5.41 Å². The SMILES string of the molecule is CCN(C(=O)NCSCCC(F)(F)F)C(C=Nc1cccnc1)C(=N)Cl. The number of carbonyl (C=O) groups is 1. The number of hydrogen-bond acceptors (Lipinski definition) is 5. The highest BCUT2D eigenvalue weighted by molar-refractivity contribution is 7.99. The highest BCUT2D eigenvalue weighted by atomic mass is 35.5. The molecule has 1 aromatic rings. The Labute approximate surface area is 158 Å². The Morgan fingerprint density at radius 2 is 2.31 bits per heavy atom. The van der Waals surface area contributed by atoms with Crippen LogP contribution < -0.4 is 5.32 Å². The summed E-state index contributed by atoms with van der Waals surface area (Å²) in [6, 6.07) is 1.96. The zero-order valence-corrected chi connectivity index (χ0v) is 15.5. The van der Waals surface area contributed by atoms with Crippen molar-refractivity contribution in [1.29, 1.82) is 5.41 Å². The normalized spacial score (nSPS) is 12.8. The van der Waals surface area contributed by atoms with E-state index in [0.717, 1.165) is 11.8 Å². The molecule has 1 aromatic heterocycles. The first-order valence-electron chi connectivity index (χ1n) is 7.61. The van der Waals surface area contributed by atoms with Crippen LogP contribution >= 0.6 is 23.4 Å². The van der Waals surface area contributed by atoms with E-state index in [1.165, 1.54) is 17.3 Å². The van der Waals surface area contributed by atoms with Gasteiger partial charge in [-0.2, -0.15) is 13.2 Å². The number of carbonyl (C=O) groups excluding carboxylic acids is 1. The lowest BCUT2D eigenvalue weighted by Crippen LogP contribution is -2.49. The van der Waals surface area contributed by atoms with Gasteiger partial charge in [0, 0.05) is 24.7 Å². The van der Waals surface area contributed by atoms with Gasteiger partial charge in [0.2, 0.25) is 0 Å². The fraction of sp³-hybridized carbons (Fsp3) is 0.467. The summed E-state index contributed by atoms with van der Waals surface area (Å²) in [5.74, 6) is -0.124. The molecular formula is C15H19ClF3N5OS. The summed E-state index contributed by atoms with van der Waals surface area (Å²) in [4.78, 5) is 21.6. The van der Waals surface area contributed by atoms with E-state index in [4.69, 9.17) is 17.0 Å². The monoisotopic (exact) mass is 409 g/mol. The van der Waals surface area contributed by atoms with Gasteiger partial charge in [-0.3, -0.25) is 15.4 Å². The predicted molar refractivity (Wildman–Crippen MR) is 98.7 cm³/mol. The molecule has 1 unspecified atom stereocenters. The summed E-state index contributed by atoms with van der Waals surface area (Å²) in [5, 5.41) is 9.86. The molecule has 11 heteroatoms. The van der Waals surface area contributed by atoms with Crippen LogP contribution in [-0.2, 0) is 0 Å². The maximum Gasteiger partial charge on any atom is 0.389 e. The summed E-state index contributed by atoms with van der Waals surface area (Å²) in [6.45, 7) is 1.93. The van der Waals surface area contributed by atoms with Gasteiger partial charge in [-0.1, -0.05) is 11.6 Å². The molecule has 0 aliphatic heterocycles. The van der Waals surface area contributed by atoms with E-state index in [2.05, 4.69) is 15.3 Å². The van der Waals surface area contributed by atoms with Crippen LogP contribution in [0.2, 0.25) is 0 Å². The molecule has 1 rings (SSSR count). The molecule has 0 aromatic carbocycles. The first-order valence-corrected chi connectivity index (χ1v) is 9.15. The number of aromatic nitrogens is 1. The van der Waals surface area contributed by atoms with Crippen molar-refractivity contribution in [2.24, 2.45) is 4.99 Å². The fourth-order valence-corrected chi connectivity index (χ4v) is 2.73. The number of rotatable bonds is 9. The van der Waals surface area contributed by atoms with E-state index in [1.807, 2.05) is 0 Å². The average molecular weight is 410 g/mol. The number of halogens is 4. The quantitative estimate of drug-likeness (QED) is 0.367. The van der Waals surface area contributed by atoms with E-state index < -0.39 is 24.7 Å². The molecule has 6 nitrogen and oxygen atoms in total. The number of thioether (sulfide) groups is 1. The second kappa shape index (κ2) is 11.0. The third-order valence-corrected chi connectivity index (χ3v) is 4.13. The molecule has 0 saturated carbocycles. The molecule has 1 heterocycles. The molecule has 0 radical (unpaired) electrons. The van der Waals surface area contributed by atoms with E-state index in [-0.39, 0.29) is 23.3 Å². The summed E-state index contributed by atoms with van der Waals surface area (Å²) in [6.07, 6.45) is -0.681. The number of nitrogens with zero attached hydrogens (tertiary/aromatic N) is 3. The topological polar surface area (TPSA) is 81.4 Å². The van der Waals surface area contributed by atoms with Crippen LogP contribution in [0.5, 0.6) is 0 Å². The Hall–Kier alpha value is -1.81. The van der Waals surface area contributed by atoms with Gasteiger partial charge in [0.1, 0.15) is 11.2 Å². The lowest BCUT2D eigenvalue weighted by molar-refractivity contribution is -0.129. The Bertz CT molecular complexity index is 615. The predicted octanol–water partition coefficient (Wildman–Crippen LogP) is 4.04. The molecule has 0 aliphatic rings. The van der Waals surface area contributed by atoms with Crippen LogP contribution in [0.3, 0.4) is 0 Å². The number of pyridine rings is 1. The van der Waals surface area contributed by atoms with Crippen molar-refractivity contribution >= 4 is 46.5 Å². The molecule has 0 fully saturated rings. The maximum atomic E-state index is 12.2. The van der Waals surface area contributed by atoms with Gasteiger partial charge >= 0.3 is 12.2 Å². The fourth-order valence-electron chi connectivity index (χ4n) is 1.81. The van der Waals surface area contributed by atoms with Crippen molar-refractivity contribution in [2.45, 2.75) is 25.6 Å². The second-order valence-electron chi connectivity index (χ2n) is 4.97. The van der Waals surface area contributed by atoms with E-state index >= 15 is 0 Å². The molecule has 0 aliphatic carbocycles. The standard InChI is InChI=1S/C15H19ClF3N5OS/c1-2-24(14(25)23-10-26-7-5-15(17,18)19)12(13(16)20)9-22-11-4-3-6-21-8-11/h3-4,6,8-9,12,20H,2,5,7,10H2,1H3,(H,23,25). The molecule has 0 saturated heterocycles. The molecule has 144 valence electrons. The first kappa shape index (κ1) is 22.2. The minimum absolute atomic E-state index is 0.0213. The highest BCUT2D eigenvalue weighted by Crippen LogP contribution is 2.21. The van der Waals surface area contributed by atoms with Gasteiger partial charge in [0.25, 0.3) is 0 Å². The van der Waals surface area contributed by atoms with Crippen molar-refractivity contribution in [2.75, 3.05) is 18.2 Å². The van der Waals surface area contributed by atoms with Gasteiger partial charge in [-0.15, -0.1) is 11.8 Å². The van der Waals surface area contributed by atoms with Crippen molar-refractivity contribution in [3.63, 3.8) is 0 Å². The summed E-state index contributed by atoms with van der Waals surface area (Å²) in [5.41, 5.74) is 0.537. The van der Waals surface area contributed by atoms with Gasteiger partial charge in [0.05, 0.1) is 24.2 Å². The number of nitrogens with one attached hydrogen (secondary N) is 2. The lowest BCUT2D eigenvalue weighted by Gasteiger charge is -2.26. The van der Waals surface area contributed by atoms with E-state index in [9.17, 15) is 18.0 Å². The number of urea groups is 1. The van der Waals surface area contributed by atoms with E-state index in [0.29, 0.717) is 5.69 Å². The maximum absolute atomic E-state index is 12.2. The molecule has 2 amide bonds. The number of aliphatic imine (C=N–C) groups is 1. The van der Waals surface area contributed by atoms with Crippen molar-refractivity contribution in [1.82, 2.24) is 15.2 Å². The van der Waals surface area contributed by atoms with Crippen molar-refractivity contribution in [3.05, 3.63) is 24.5 Å². The number of hydrogen-bond donors (Lipinski definition) is 2. The Balaban J connectivity index is 2.62. The Kier molecular flexibility index (Phi) is 9.42. The van der Waals surface area contributed by atoms with Gasteiger partial charge < -0.3 is 10.2 Å². The first-order chi connectivity index (χ1) is 12.2. The minimum Gasteiger partial charge on any atom is -0.329 e. The van der Waals surface area contributed by atoms with Crippen LogP contribution in [0.25, 0.3) is 0 Å². The Morgan fingerprint density at radius 1 is 1.58 bits per heavy atom. The van der Waals surface area contributed by atoms with Crippen LogP contribution in [0.15, 0.2) is 29.5 Å². The number of amides is 2. The average Bonchev–Trinajstić information content (AvgIpc) is 2.57. The van der Waals surface area contributed by atoms with Gasteiger partial charge in [-0.25, -0.2) is 4.79 Å². The van der Waals surface area contributed by atoms with E-state index in [1.54, 1.807) is 25.3 Å². The third-order valence-electron chi connectivity index (χ3n) is 3.06. The molecule has 1 atom stereocenters. The third kappa shape index (κ3) is 8.52. The largest absolute Gasteiger partial charge is 0.389 e. The summed E-state index contributed by atoms with van der Waals surface area (Å²) >= 11 is 6.75. The minimum atomic E-state index is -4.21. The molecule has 0 bridgehead atoms. The highest BCUT2D eigenvalue weighted by Gasteiger charge is 2.26.